The average Bonchev–Trinajstić information content (AvgIpc) is 2.95. The van der Waals surface area contributed by atoms with Gasteiger partial charge in [-0.25, -0.2) is 4.39 Å². The summed E-state index contributed by atoms with van der Waals surface area (Å²) in [4.78, 5) is 5.03. The van der Waals surface area contributed by atoms with E-state index >= 15 is 0 Å². The van der Waals surface area contributed by atoms with Crippen molar-refractivity contribution in [2.24, 2.45) is 0 Å². The molecule has 1 N–H and O–H groups in total. The first kappa shape index (κ1) is 14.5. The molecule has 1 atom stereocenters. The zero-order valence-corrected chi connectivity index (χ0v) is 12.2. The predicted octanol–water partition coefficient (Wildman–Crippen LogP) is 1.45. The van der Waals surface area contributed by atoms with E-state index in [9.17, 15) is 4.39 Å². The standard InChI is InChI=1S/C17H21FN2O/c18-17-6-5-14(11-15(17)3-2-10-21)12-19-8-9-20-7-1-4-16(20)13-19/h5-6,11,16,21H,1,4,7-10,12-13H2. The molecule has 0 bridgehead atoms. The number of nitrogens with zero attached hydrogens (tertiary/aromatic N) is 2. The molecule has 2 saturated heterocycles. The van der Waals surface area contributed by atoms with E-state index in [4.69, 9.17) is 5.11 Å². The third-order valence-corrected chi connectivity index (χ3v) is 4.41. The number of hydrogen-bond donors (Lipinski definition) is 1. The van der Waals surface area contributed by atoms with Gasteiger partial charge in [-0.3, -0.25) is 9.80 Å². The summed E-state index contributed by atoms with van der Waals surface area (Å²) in [7, 11) is 0. The number of aliphatic hydroxyl groups is 1. The van der Waals surface area contributed by atoms with Crippen molar-refractivity contribution in [3.63, 3.8) is 0 Å². The van der Waals surface area contributed by atoms with Gasteiger partial charge >= 0.3 is 0 Å². The molecule has 1 aromatic rings. The molecule has 0 aliphatic carbocycles. The molecule has 0 spiro atoms. The fraction of sp³-hybridized carbons (Fsp3) is 0.529. The van der Waals surface area contributed by atoms with Crippen molar-refractivity contribution in [1.82, 2.24) is 9.80 Å². The lowest BCUT2D eigenvalue weighted by molar-refractivity contribution is 0.0993. The number of benzene rings is 1. The summed E-state index contributed by atoms with van der Waals surface area (Å²) < 4.78 is 13.6. The highest BCUT2D eigenvalue weighted by Gasteiger charge is 2.30. The molecule has 0 radical (unpaired) electrons. The van der Waals surface area contributed by atoms with Crippen LogP contribution in [0.25, 0.3) is 0 Å². The van der Waals surface area contributed by atoms with Crippen molar-refractivity contribution >= 4 is 0 Å². The van der Waals surface area contributed by atoms with Crippen LogP contribution in [0.15, 0.2) is 18.2 Å². The van der Waals surface area contributed by atoms with Gasteiger partial charge in [0.15, 0.2) is 0 Å². The van der Waals surface area contributed by atoms with E-state index in [1.807, 2.05) is 6.07 Å². The van der Waals surface area contributed by atoms with Crippen LogP contribution in [-0.2, 0) is 6.54 Å². The lowest BCUT2D eigenvalue weighted by Gasteiger charge is -2.37. The molecule has 1 unspecified atom stereocenters. The third kappa shape index (κ3) is 3.44. The first-order chi connectivity index (χ1) is 10.3. The highest BCUT2D eigenvalue weighted by Crippen LogP contribution is 2.22. The minimum absolute atomic E-state index is 0.243. The van der Waals surface area contributed by atoms with Crippen molar-refractivity contribution < 1.29 is 9.50 Å². The van der Waals surface area contributed by atoms with Gasteiger partial charge in [-0.1, -0.05) is 17.9 Å². The van der Waals surface area contributed by atoms with Gasteiger partial charge in [0.05, 0.1) is 5.56 Å². The van der Waals surface area contributed by atoms with Gasteiger partial charge in [0.1, 0.15) is 12.4 Å². The fourth-order valence-electron chi connectivity index (χ4n) is 3.36. The van der Waals surface area contributed by atoms with Crippen LogP contribution in [0.5, 0.6) is 0 Å². The summed E-state index contributed by atoms with van der Waals surface area (Å²) >= 11 is 0. The summed E-state index contributed by atoms with van der Waals surface area (Å²) in [5.41, 5.74) is 1.46. The monoisotopic (exact) mass is 288 g/mol. The largest absolute Gasteiger partial charge is 0.384 e. The number of hydrogen-bond acceptors (Lipinski definition) is 3. The molecular formula is C17H21FN2O. The van der Waals surface area contributed by atoms with E-state index in [0.717, 1.165) is 31.7 Å². The van der Waals surface area contributed by atoms with Crippen molar-refractivity contribution in [3.05, 3.63) is 35.1 Å². The Balaban J connectivity index is 1.67. The zero-order chi connectivity index (χ0) is 14.7. The second-order valence-corrected chi connectivity index (χ2v) is 5.84. The van der Waals surface area contributed by atoms with Gasteiger partial charge in [-0.05, 0) is 37.1 Å². The molecule has 2 aliphatic rings. The Kier molecular flexibility index (Phi) is 4.54. The Morgan fingerprint density at radius 1 is 1.29 bits per heavy atom. The van der Waals surface area contributed by atoms with Gasteiger partial charge in [-0.15, -0.1) is 0 Å². The topological polar surface area (TPSA) is 26.7 Å². The van der Waals surface area contributed by atoms with Crippen molar-refractivity contribution in [2.45, 2.75) is 25.4 Å². The predicted molar refractivity (Wildman–Crippen MR) is 80.2 cm³/mol. The van der Waals surface area contributed by atoms with Crippen LogP contribution in [-0.4, -0.2) is 53.7 Å². The normalized spacial score (nSPS) is 22.7. The molecule has 3 nitrogen and oxygen atoms in total. The van der Waals surface area contributed by atoms with E-state index < -0.39 is 0 Å². The van der Waals surface area contributed by atoms with E-state index in [-0.39, 0.29) is 12.4 Å². The SMILES string of the molecule is OCC#Cc1cc(CN2CCN3CCCC3C2)ccc1F. The molecule has 112 valence electrons. The minimum Gasteiger partial charge on any atom is -0.384 e. The molecule has 1 aromatic carbocycles. The Morgan fingerprint density at radius 2 is 2.19 bits per heavy atom. The molecule has 0 amide bonds. The average molecular weight is 288 g/mol. The molecule has 2 fully saturated rings. The van der Waals surface area contributed by atoms with Gasteiger partial charge in [-0.2, -0.15) is 0 Å². The number of halogens is 1. The van der Waals surface area contributed by atoms with Gasteiger partial charge in [0.25, 0.3) is 0 Å². The number of aliphatic hydroxyl groups excluding tert-OH is 1. The first-order valence-electron chi connectivity index (χ1n) is 7.61. The van der Waals surface area contributed by atoms with Crippen molar-refractivity contribution in [1.29, 1.82) is 0 Å². The second kappa shape index (κ2) is 6.57. The molecule has 4 heteroatoms. The van der Waals surface area contributed by atoms with Crippen LogP contribution in [0.4, 0.5) is 4.39 Å². The summed E-state index contributed by atoms with van der Waals surface area (Å²) in [6, 6.07) is 5.81. The molecule has 0 aromatic heterocycles. The molecular weight excluding hydrogens is 267 g/mol. The summed E-state index contributed by atoms with van der Waals surface area (Å²) in [5.74, 6) is 4.87. The van der Waals surface area contributed by atoms with Gasteiger partial charge < -0.3 is 5.11 Å². The fourth-order valence-corrected chi connectivity index (χ4v) is 3.36. The smallest absolute Gasteiger partial charge is 0.138 e. The first-order valence-corrected chi connectivity index (χ1v) is 7.61. The Hall–Kier alpha value is -1.41. The highest BCUT2D eigenvalue weighted by atomic mass is 19.1. The van der Waals surface area contributed by atoms with E-state index in [1.165, 1.54) is 25.5 Å². The third-order valence-electron chi connectivity index (χ3n) is 4.41. The molecule has 3 rings (SSSR count). The van der Waals surface area contributed by atoms with Crippen molar-refractivity contribution in [2.75, 3.05) is 32.8 Å². The Labute approximate surface area is 125 Å². The van der Waals surface area contributed by atoms with E-state index in [2.05, 4.69) is 21.6 Å². The van der Waals surface area contributed by atoms with Gasteiger partial charge in [0, 0.05) is 32.2 Å². The summed E-state index contributed by atoms with van der Waals surface area (Å²) in [6.07, 6.45) is 2.61. The van der Waals surface area contributed by atoms with Crippen molar-refractivity contribution in [3.8, 4) is 11.8 Å². The van der Waals surface area contributed by atoms with E-state index in [0.29, 0.717) is 11.6 Å². The zero-order valence-electron chi connectivity index (χ0n) is 12.2. The van der Waals surface area contributed by atoms with E-state index in [1.54, 1.807) is 6.07 Å². The Morgan fingerprint density at radius 3 is 3.05 bits per heavy atom. The number of fused-ring (bicyclic) bond motifs is 1. The number of piperazine rings is 1. The van der Waals surface area contributed by atoms with Crippen LogP contribution in [0.1, 0.15) is 24.0 Å². The maximum atomic E-state index is 13.6. The minimum atomic E-state index is -0.319. The lowest BCUT2D eigenvalue weighted by atomic mass is 10.1. The Bertz CT molecular complexity index is 564. The van der Waals surface area contributed by atoms with Crippen LogP contribution in [0, 0.1) is 17.7 Å². The maximum Gasteiger partial charge on any atom is 0.138 e. The quantitative estimate of drug-likeness (QED) is 0.835. The lowest BCUT2D eigenvalue weighted by Crippen LogP contribution is -2.49. The maximum absolute atomic E-state index is 13.6. The second-order valence-electron chi connectivity index (χ2n) is 5.84. The van der Waals surface area contributed by atoms with Crippen LogP contribution < -0.4 is 0 Å². The summed E-state index contributed by atoms with van der Waals surface area (Å²) in [6.45, 7) is 5.17. The molecule has 2 aliphatic heterocycles. The van der Waals surface area contributed by atoms with Crippen LogP contribution in [0.2, 0.25) is 0 Å². The van der Waals surface area contributed by atoms with Gasteiger partial charge in [0.2, 0.25) is 0 Å². The number of rotatable bonds is 2. The summed E-state index contributed by atoms with van der Waals surface area (Å²) in [5, 5.41) is 8.73. The van der Waals surface area contributed by atoms with Crippen LogP contribution in [0.3, 0.4) is 0 Å². The highest BCUT2D eigenvalue weighted by molar-refractivity contribution is 5.38. The van der Waals surface area contributed by atoms with Crippen LogP contribution >= 0.6 is 0 Å². The molecule has 0 saturated carbocycles. The molecule has 21 heavy (non-hydrogen) atoms. The molecule has 2 heterocycles.